The number of benzene rings is 6. The van der Waals surface area contributed by atoms with Crippen molar-refractivity contribution in [3.05, 3.63) is 127 Å². The fraction of sp³-hybridized carbons (Fsp3) is 0. The van der Waals surface area contributed by atoms with Crippen molar-refractivity contribution in [3.63, 3.8) is 0 Å². The maximum Gasteiger partial charge on any atom is 0.137 e. The number of fused-ring (bicyclic) bond motifs is 9. The lowest BCUT2D eigenvalue weighted by Gasteiger charge is -2.08. The van der Waals surface area contributed by atoms with E-state index in [0.717, 1.165) is 22.2 Å². The summed E-state index contributed by atoms with van der Waals surface area (Å²) in [5, 5.41) is 7.47. The van der Waals surface area contributed by atoms with Gasteiger partial charge in [-0.15, -0.1) is 11.3 Å². The fourth-order valence-corrected chi connectivity index (χ4v) is 7.57. The van der Waals surface area contributed by atoms with E-state index >= 15 is 0 Å². The topological polar surface area (TPSA) is 18.1 Å². The van der Waals surface area contributed by atoms with Gasteiger partial charge in [0.1, 0.15) is 11.2 Å². The Bertz CT molecular complexity index is 2350. The summed E-state index contributed by atoms with van der Waals surface area (Å²) in [5.74, 6) is 0. The van der Waals surface area contributed by atoms with E-state index in [1.807, 2.05) is 11.3 Å². The molecule has 3 aromatic heterocycles. The van der Waals surface area contributed by atoms with Gasteiger partial charge in [-0.05, 0) is 42.0 Å². The van der Waals surface area contributed by atoms with Gasteiger partial charge >= 0.3 is 0 Å². The molecule has 182 valence electrons. The third-order valence-electron chi connectivity index (χ3n) is 8.01. The zero-order valence-corrected chi connectivity index (χ0v) is 21.7. The zero-order chi connectivity index (χ0) is 25.5. The summed E-state index contributed by atoms with van der Waals surface area (Å²) < 4.78 is 11.5. The summed E-state index contributed by atoms with van der Waals surface area (Å²) in [7, 11) is 0. The monoisotopic (exact) mass is 515 g/mol. The molecule has 0 radical (unpaired) electrons. The molecule has 0 saturated heterocycles. The van der Waals surface area contributed by atoms with Crippen molar-refractivity contribution >= 4 is 75.3 Å². The Morgan fingerprint density at radius 1 is 0.487 bits per heavy atom. The molecule has 0 spiro atoms. The Morgan fingerprint density at radius 2 is 1.15 bits per heavy atom. The molecule has 0 unspecified atom stereocenters. The first kappa shape index (κ1) is 21.1. The van der Waals surface area contributed by atoms with Crippen LogP contribution in [0.3, 0.4) is 0 Å². The largest absolute Gasteiger partial charge is 0.456 e. The van der Waals surface area contributed by atoms with Crippen molar-refractivity contribution in [2.24, 2.45) is 0 Å². The van der Waals surface area contributed by atoms with Gasteiger partial charge in [-0.1, -0.05) is 84.9 Å². The van der Waals surface area contributed by atoms with E-state index < -0.39 is 0 Å². The second-order valence-electron chi connectivity index (χ2n) is 10.1. The van der Waals surface area contributed by atoms with E-state index in [-0.39, 0.29) is 0 Å². The number of furan rings is 1. The maximum absolute atomic E-state index is 6.54. The number of thiophene rings is 1. The number of hydrogen-bond donors (Lipinski definition) is 0. The summed E-state index contributed by atoms with van der Waals surface area (Å²) in [5.41, 5.74) is 7.80. The molecule has 0 aliphatic rings. The minimum absolute atomic E-state index is 0.903. The highest BCUT2D eigenvalue weighted by Crippen LogP contribution is 2.44. The lowest BCUT2D eigenvalue weighted by molar-refractivity contribution is 0.668. The molecule has 0 aliphatic heterocycles. The van der Waals surface area contributed by atoms with Crippen molar-refractivity contribution < 1.29 is 4.42 Å². The van der Waals surface area contributed by atoms with Gasteiger partial charge in [0.15, 0.2) is 0 Å². The SMILES string of the molecule is c1cc(-c2cccc3c2sc2ccccc23)c2c(c1)oc1cc(-n3c4ccccc4c4ccccc43)ccc12. The molecule has 3 heteroatoms. The van der Waals surface area contributed by atoms with Gasteiger partial charge in [0.05, 0.1) is 11.0 Å². The van der Waals surface area contributed by atoms with Gasteiger partial charge < -0.3 is 8.98 Å². The van der Waals surface area contributed by atoms with Crippen molar-refractivity contribution in [1.82, 2.24) is 4.57 Å². The average molecular weight is 516 g/mol. The quantitative estimate of drug-likeness (QED) is 0.224. The van der Waals surface area contributed by atoms with Crippen LogP contribution in [0.5, 0.6) is 0 Å². The molecular formula is C36H21NOS. The fourth-order valence-electron chi connectivity index (χ4n) is 6.34. The number of hydrogen-bond acceptors (Lipinski definition) is 2. The smallest absolute Gasteiger partial charge is 0.137 e. The van der Waals surface area contributed by atoms with Crippen LogP contribution >= 0.6 is 11.3 Å². The first-order valence-electron chi connectivity index (χ1n) is 13.2. The summed E-state index contributed by atoms with van der Waals surface area (Å²) in [6.07, 6.45) is 0. The normalized spacial score (nSPS) is 12.1. The minimum Gasteiger partial charge on any atom is -0.456 e. The molecule has 0 saturated carbocycles. The van der Waals surface area contributed by atoms with Crippen LogP contribution in [-0.2, 0) is 0 Å². The van der Waals surface area contributed by atoms with E-state index in [9.17, 15) is 0 Å². The van der Waals surface area contributed by atoms with Gasteiger partial charge in [-0.3, -0.25) is 0 Å². The van der Waals surface area contributed by atoms with E-state index in [0.29, 0.717) is 0 Å². The molecule has 2 nitrogen and oxygen atoms in total. The first-order valence-corrected chi connectivity index (χ1v) is 14.0. The van der Waals surface area contributed by atoms with Crippen LogP contribution in [0.25, 0.3) is 80.7 Å². The lowest BCUT2D eigenvalue weighted by Crippen LogP contribution is -1.93. The molecule has 9 rings (SSSR count). The molecule has 3 heterocycles. The molecule has 39 heavy (non-hydrogen) atoms. The Hall–Kier alpha value is -4.86. The van der Waals surface area contributed by atoms with E-state index in [1.165, 1.54) is 58.5 Å². The highest BCUT2D eigenvalue weighted by molar-refractivity contribution is 7.26. The molecule has 0 atom stereocenters. The lowest BCUT2D eigenvalue weighted by atomic mass is 9.98. The summed E-state index contributed by atoms with van der Waals surface area (Å²) in [6, 6.07) is 45.7. The molecule has 6 aromatic carbocycles. The number of aromatic nitrogens is 1. The van der Waals surface area contributed by atoms with Gasteiger partial charge in [0.2, 0.25) is 0 Å². The third-order valence-corrected chi connectivity index (χ3v) is 9.23. The standard InChI is InChI=1S/C36H21NOS/c1-4-15-30-23(9-1)24-10-2-5-16-31(24)37(30)22-19-20-29-33(21-22)38-32-17-8-12-26(35(29)32)28-14-7-13-27-25-11-3-6-18-34(25)39-36(27)28/h1-21H. The Labute approximate surface area is 227 Å². The van der Waals surface area contributed by atoms with E-state index in [2.05, 4.69) is 132 Å². The van der Waals surface area contributed by atoms with Crippen LogP contribution in [0.15, 0.2) is 132 Å². The molecule has 0 fully saturated rings. The summed E-state index contributed by atoms with van der Waals surface area (Å²) in [6.45, 7) is 0. The second kappa shape index (κ2) is 7.83. The molecule has 9 aromatic rings. The first-order chi connectivity index (χ1) is 19.3. The minimum atomic E-state index is 0.903. The van der Waals surface area contributed by atoms with Crippen molar-refractivity contribution in [2.45, 2.75) is 0 Å². The average Bonchev–Trinajstić information content (AvgIpc) is 3.66. The Kier molecular flexibility index (Phi) is 4.24. The van der Waals surface area contributed by atoms with Crippen LogP contribution in [-0.4, -0.2) is 4.57 Å². The highest BCUT2D eigenvalue weighted by atomic mass is 32.1. The highest BCUT2D eigenvalue weighted by Gasteiger charge is 2.18. The van der Waals surface area contributed by atoms with Gasteiger partial charge in [0.25, 0.3) is 0 Å². The summed E-state index contributed by atoms with van der Waals surface area (Å²) in [4.78, 5) is 0. The Balaban J connectivity index is 1.31. The molecule has 0 amide bonds. The summed E-state index contributed by atoms with van der Waals surface area (Å²) >= 11 is 1.87. The predicted octanol–water partition coefficient (Wildman–Crippen LogP) is 10.7. The van der Waals surface area contributed by atoms with Gasteiger partial charge in [-0.25, -0.2) is 0 Å². The molecule has 0 aliphatic carbocycles. The van der Waals surface area contributed by atoms with Crippen molar-refractivity contribution in [2.75, 3.05) is 0 Å². The van der Waals surface area contributed by atoms with Crippen LogP contribution < -0.4 is 0 Å². The van der Waals surface area contributed by atoms with Crippen LogP contribution in [0, 0.1) is 0 Å². The number of rotatable bonds is 2. The van der Waals surface area contributed by atoms with Crippen LogP contribution in [0.2, 0.25) is 0 Å². The van der Waals surface area contributed by atoms with E-state index in [1.54, 1.807) is 0 Å². The zero-order valence-electron chi connectivity index (χ0n) is 20.9. The Morgan fingerprint density at radius 3 is 1.97 bits per heavy atom. The van der Waals surface area contributed by atoms with Gasteiger partial charge in [0, 0.05) is 59.0 Å². The predicted molar refractivity (Wildman–Crippen MR) is 166 cm³/mol. The van der Waals surface area contributed by atoms with Crippen molar-refractivity contribution in [1.29, 1.82) is 0 Å². The number of nitrogens with zero attached hydrogens (tertiary/aromatic N) is 1. The second-order valence-corrected chi connectivity index (χ2v) is 11.2. The van der Waals surface area contributed by atoms with Gasteiger partial charge in [-0.2, -0.15) is 0 Å². The molecule has 0 bridgehead atoms. The van der Waals surface area contributed by atoms with Crippen LogP contribution in [0.4, 0.5) is 0 Å². The number of para-hydroxylation sites is 2. The maximum atomic E-state index is 6.54. The molecule has 0 N–H and O–H groups in total. The molecular weight excluding hydrogens is 494 g/mol. The van der Waals surface area contributed by atoms with E-state index in [4.69, 9.17) is 4.42 Å². The third kappa shape index (κ3) is 2.91. The van der Waals surface area contributed by atoms with Crippen LogP contribution in [0.1, 0.15) is 0 Å². The van der Waals surface area contributed by atoms with Crippen molar-refractivity contribution in [3.8, 4) is 16.8 Å².